The highest BCUT2D eigenvalue weighted by atomic mass is 32.1. The van der Waals surface area contributed by atoms with Crippen LogP contribution in [0.25, 0.3) is 22.3 Å². The van der Waals surface area contributed by atoms with Gasteiger partial charge in [0, 0.05) is 49.0 Å². The van der Waals surface area contributed by atoms with Gasteiger partial charge in [0.2, 0.25) is 11.8 Å². The fraction of sp³-hybridized carbons (Fsp3) is 0.568. The second-order valence-electron chi connectivity index (χ2n) is 18.0. The maximum atomic E-state index is 14.7. The first-order chi connectivity index (χ1) is 29.0. The molecule has 1 aliphatic heterocycles. The molecule has 3 heterocycles. The van der Waals surface area contributed by atoms with Crippen molar-refractivity contribution in [3.05, 3.63) is 42.3 Å². The van der Waals surface area contributed by atoms with Gasteiger partial charge in [-0.1, -0.05) is 33.3 Å². The molecule has 1 saturated heterocycles. The molecule has 4 aliphatic rings. The number of nitrogens with one attached hydrogen (secondary N) is 3. The van der Waals surface area contributed by atoms with Gasteiger partial charge < -0.3 is 39.8 Å². The van der Waals surface area contributed by atoms with Crippen LogP contribution in [0.4, 0.5) is 20.4 Å². The van der Waals surface area contributed by atoms with Crippen molar-refractivity contribution in [3.8, 4) is 17.1 Å². The molecule has 17 heteroatoms. The average molecular weight is 860 g/mol. The number of alkyl carbamates (subject to hydrolysis) is 1. The number of hydrogen-bond acceptors (Lipinski definition) is 12. The number of likely N-dealkylation sites (tertiary alicyclic amines) is 1. The molecule has 1 unspecified atom stereocenters. The topological polar surface area (TPSA) is 202 Å². The van der Waals surface area contributed by atoms with Crippen LogP contribution in [0.3, 0.4) is 0 Å². The summed E-state index contributed by atoms with van der Waals surface area (Å²) in [5.41, 5.74) is 0.108. The summed E-state index contributed by atoms with van der Waals surface area (Å²) in [6, 6.07) is 5.26. The summed E-state index contributed by atoms with van der Waals surface area (Å²) in [6.45, 7) is 9.15. The van der Waals surface area contributed by atoms with E-state index in [9.17, 15) is 29.1 Å². The largest absolute Gasteiger partial charge is 0.488 e. The van der Waals surface area contributed by atoms with Crippen molar-refractivity contribution in [3.63, 3.8) is 0 Å². The molecule has 3 aliphatic carbocycles. The Bertz CT molecular complexity index is 2160. The lowest BCUT2D eigenvalue weighted by Crippen LogP contribution is -2.59. The first-order valence-corrected chi connectivity index (χ1v) is 22.1. The van der Waals surface area contributed by atoms with Crippen molar-refractivity contribution < 1.29 is 43.3 Å². The number of carbonyl (C=O) groups excluding carboxylic acids is 4. The summed E-state index contributed by atoms with van der Waals surface area (Å²) in [5.74, 6) is -2.41. The number of aliphatic carboxylic acids is 1. The maximum absolute atomic E-state index is 14.7. The minimum atomic E-state index is -1.53. The van der Waals surface area contributed by atoms with Crippen molar-refractivity contribution in [2.24, 2.45) is 11.3 Å². The molecule has 4 N–H and O–H groups in total. The standard InChI is InChI=1S/C44H57N7O9S/c1-7-25-22-44(25,39(54)55)49-37(52)34-20-29(23-51(34)38(53)36(43(2,3)4)47-41(56)59-27-13-9-8-10-14-27)58-35-21-32(45-31-19-26(50(5)6)17-18-30(31)35)33-24-61-40(46-33)48-42(57)60-28-15-11-12-16-28/h7,17-19,21,24-25,27-29,34,36H,1,8-16,20,22-23H2,2-6H3,(H,47,56)(H,49,52)(H,54,55)(H,46,48,57)/t25-,29?,34+,36-,44-/m1/s1. The van der Waals surface area contributed by atoms with E-state index in [1.54, 1.807) is 11.4 Å². The molecule has 0 spiro atoms. The third kappa shape index (κ3) is 9.87. The van der Waals surface area contributed by atoms with Crippen molar-refractivity contribution in [1.82, 2.24) is 25.5 Å². The van der Waals surface area contributed by atoms with E-state index in [2.05, 4.69) is 27.5 Å². The third-order valence-corrected chi connectivity index (χ3v) is 13.0. The molecule has 61 heavy (non-hydrogen) atoms. The Morgan fingerprint density at radius 2 is 1.62 bits per heavy atom. The van der Waals surface area contributed by atoms with E-state index >= 15 is 0 Å². The van der Waals surface area contributed by atoms with Gasteiger partial charge in [0.1, 0.15) is 47.4 Å². The Balaban J connectivity index is 1.18. The molecule has 328 valence electrons. The maximum Gasteiger partial charge on any atom is 0.413 e. The van der Waals surface area contributed by atoms with E-state index in [-0.39, 0.29) is 31.6 Å². The van der Waals surface area contributed by atoms with Crippen LogP contribution < -0.4 is 25.6 Å². The molecule has 7 rings (SSSR count). The average Bonchev–Trinajstić information content (AvgIpc) is 3.62. The zero-order chi connectivity index (χ0) is 43.6. The predicted octanol–water partition coefficient (Wildman–Crippen LogP) is 6.88. The van der Waals surface area contributed by atoms with Gasteiger partial charge in [-0.3, -0.25) is 14.9 Å². The van der Waals surface area contributed by atoms with Gasteiger partial charge in [-0.2, -0.15) is 0 Å². The summed E-state index contributed by atoms with van der Waals surface area (Å²) in [7, 11) is 3.84. The van der Waals surface area contributed by atoms with Crippen LogP contribution in [-0.4, -0.2) is 107 Å². The van der Waals surface area contributed by atoms with Gasteiger partial charge in [0.25, 0.3) is 0 Å². The minimum Gasteiger partial charge on any atom is -0.488 e. The number of pyridine rings is 1. The lowest BCUT2D eigenvalue weighted by atomic mass is 9.85. The Morgan fingerprint density at radius 3 is 2.25 bits per heavy atom. The summed E-state index contributed by atoms with van der Waals surface area (Å²) in [4.78, 5) is 80.2. The Morgan fingerprint density at radius 1 is 0.951 bits per heavy atom. The Kier molecular flexibility index (Phi) is 12.8. The molecular formula is C44H57N7O9S. The number of ether oxygens (including phenoxy) is 3. The van der Waals surface area contributed by atoms with Crippen LogP contribution in [-0.2, 0) is 23.9 Å². The molecule has 3 saturated carbocycles. The number of amides is 4. The summed E-state index contributed by atoms with van der Waals surface area (Å²) < 4.78 is 18.1. The van der Waals surface area contributed by atoms with Gasteiger partial charge in [-0.05, 0) is 81.4 Å². The van der Waals surface area contributed by atoms with E-state index in [1.807, 2.05) is 58.0 Å². The zero-order valence-corrected chi connectivity index (χ0v) is 36.3. The number of hydrogen-bond donors (Lipinski definition) is 4. The molecule has 0 bridgehead atoms. The highest BCUT2D eigenvalue weighted by Crippen LogP contribution is 2.45. The number of anilines is 2. The second-order valence-corrected chi connectivity index (χ2v) is 18.8. The zero-order valence-electron chi connectivity index (χ0n) is 35.5. The molecule has 0 radical (unpaired) electrons. The highest BCUT2D eigenvalue weighted by molar-refractivity contribution is 7.14. The summed E-state index contributed by atoms with van der Waals surface area (Å²) in [5, 5.41) is 21.2. The van der Waals surface area contributed by atoms with E-state index in [0.29, 0.717) is 33.2 Å². The molecule has 3 aromatic rings. The molecule has 4 fully saturated rings. The fourth-order valence-electron chi connectivity index (χ4n) is 8.59. The summed E-state index contributed by atoms with van der Waals surface area (Å²) in [6.07, 6.45) is 7.61. The van der Waals surface area contributed by atoms with Crippen LogP contribution >= 0.6 is 11.3 Å². The number of aromatic nitrogens is 2. The Hall–Kier alpha value is -5.45. The number of fused-ring (bicyclic) bond motifs is 1. The van der Waals surface area contributed by atoms with Gasteiger partial charge in [0.15, 0.2) is 5.13 Å². The number of rotatable bonds is 13. The van der Waals surface area contributed by atoms with Gasteiger partial charge >= 0.3 is 18.2 Å². The number of carboxylic acids is 1. The smallest absolute Gasteiger partial charge is 0.413 e. The number of nitrogens with zero attached hydrogens (tertiary/aromatic N) is 4. The van der Waals surface area contributed by atoms with Crippen LogP contribution in [0.2, 0.25) is 0 Å². The van der Waals surface area contributed by atoms with Crippen molar-refractivity contribution in [2.75, 3.05) is 30.9 Å². The van der Waals surface area contributed by atoms with Crippen molar-refractivity contribution in [2.45, 2.75) is 127 Å². The Labute approximate surface area is 359 Å². The molecule has 16 nitrogen and oxygen atoms in total. The van der Waals surface area contributed by atoms with E-state index in [0.717, 1.165) is 63.5 Å². The number of carbonyl (C=O) groups is 5. The molecule has 5 atom stereocenters. The molecule has 1 aromatic carbocycles. The van der Waals surface area contributed by atoms with Gasteiger partial charge in [0.05, 0.1) is 17.8 Å². The van der Waals surface area contributed by atoms with E-state index in [1.165, 1.54) is 22.3 Å². The van der Waals surface area contributed by atoms with Gasteiger partial charge in [-0.15, -0.1) is 17.9 Å². The third-order valence-electron chi connectivity index (χ3n) is 12.2. The minimum absolute atomic E-state index is 0.0260. The second kappa shape index (κ2) is 17.9. The van der Waals surface area contributed by atoms with Crippen LogP contribution in [0, 0.1) is 11.3 Å². The monoisotopic (exact) mass is 859 g/mol. The molecule has 2 aromatic heterocycles. The SMILES string of the molecule is C=C[C@@H]1C[C@]1(NC(=O)[C@@H]1CC(Oc2cc(-c3csc(NC(=O)OC4CCCC4)n3)nc3cc(N(C)C)ccc23)CN1C(=O)[C@@H](NC(=O)OC1CCCCC1)C(C)(C)C)C(=O)O. The number of carboxylic acid groups (broad SMARTS) is 1. The predicted molar refractivity (Wildman–Crippen MR) is 231 cm³/mol. The number of benzene rings is 1. The quantitative estimate of drug-likeness (QED) is 0.130. The lowest BCUT2D eigenvalue weighted by Gasteiger charge is -2.35. The molecule has 4 amide bonds. The molecular weight excluding hydrogens is 803 g/mol. The highest BCUT2D eigenvalue weighted by Gasteiger charge is 2.61. The number of thiazole rings is 1. The van der Waals surface area contributed by atoms with Crippen molar-refractivity contribution >= 4 is 63.0 Å². The normalized spacial score (nSPS) is 23.5. The first kappa shape index (κ1) is 43.6. The van der Waals surface area contributed by atoms with Crippen LogP contribution in [0.15, 0.2) is 42.3 Å². The van der Waals surface area contributed by atoms with Crippen molar-refractivity contribution in [1.29, 1.82) is 0 Å². The van der Waals surface area contributed by atoms with Crippen LogP contribution in [0.1, 0.15) is 91.4 Å². The van der Waals surface area contributed by atoms with Gasteiger partial charge in [-0.25, -0.2) is 24.4 Å². The fourth-order valence-corrected chi connectivity index (χ4v) is 9.28. The van der Waals surface area contributed by atoms with E-state index in [4.69, 9.17) is 19.2 Å². The van der Waals surface area contributed by atoms with Crippen LogP contribution in [0.5, 0.6) is 5.75 Å². The summed E-state index contributed by atoms with van der Waals surface area (Å²) >= 11 is 1.23. The lowest BCUT2D eigenvalue weighted by molar-refractivity contribution is -0.146. The van der Waals surface area contributed by atoms with E-state index < -0.39 is 65.0 Å². The first-order valence-electron chi connectivity index (χ1n) is 21.2.